The molecule has 0 aromatic carbocycles. The fourth-order valence-electron chi connectivity index (χ4n) is 1.82. The lowest BCUT2D eigenvalue weighted by molar-refractivity contribution is 0.0777. The second-order valence-corrected chi connectivity index (χ2v) is 4.39. The number of nitrogen functional groups attached to an aromatic ring is 1. The first-order valence-corrected chi connectivity index (χ1v) is 5.70. The zero-order valence-corrected chi connectivity index (χ0v) is 9.81. The molecule has 0 atom stereocenters. The van der Waals surface area contributed by atoms with Gasteiger partial charge in [-0.15, -0.1) is 0 Å². The van der Waals surface area contributed by atoms with Crippen molar-refractivity contribution in [1.82, 2.24) is 14.7 Å². The average molecular weight is 222 g/mol. The Hall–Kier alpha value is -1.52. The predicted octanol–water partition coefficient (Wildman–Crippen LogP) is 0.967. The number of aromatic nitrogens is 2. The van der Waals surface area contributed by atoms with Gasteiger partial charge in [0.1, 0.15) is 5.69 Å². The van der Waals surface area contributed by atoms with Gasteiger partial charge >= 0.3 is 0 Å². The Labute approximate surface area is 95.2 Å². The molecule has 0 radical (unpaired) electrons. The van der Waals surface area contributed by atoms with Crippen LogP contribution >= 0.6 is 0 Å². The first-order chi connectivity index (χ1) is 7.63. The fourth-order valence-corrected chi connectivity index (χ4v) is 1.82. The molecule has 88 valence electrons. The normalized spacial score (nSPS) is 15.1. The third kappa shape index (κ3) is 2.03. The van der Waals surface area contributed by atoms with Gasteiger partial charge in [0.2, 0.25) is 0 Å². The molecule has 1 fully saturated rings. The van der Waals surface area contributed by atoms with E-state index in [0.717, 1.165) is 6.54 Å². The summed E-state index contributed by atoms with van der Waals surface area (Å²) in [7, 11) is 1.83. The number of carbonyl (C=O) groups excluding carboxylic acids is 1. The number of carbonyl (C=O) groups is 1. The molecule has 16 heavy (non-hydrogen) atoms. The van der Waals surface area contributed by atoms with E-state index >= 15 is 0 Å². The summed E-state index contributed by atoms with van der Waals surface area (Å²) in [5, 5.41) is 4.08. The Bertz CT molecular complexity index is 395. The SMILES string of the molecule is CCn1ncc(N)c1C(=O)N(C)CC1CC1. The Balaban J connectivity index is 2.14. The minimum absolute atomic E-state index is 0.0243. The number of anilines is 1. The van der Waals surface area contributed by atoms with Gasteiger partial charge in [-0.05, 0) is 25.7 Å². The van der Waals surface area contributed by atoms with Gasteiger partial charge in [0.25, 0.3) is 5.91 Å². The Morgan fingerprint density at radius 2 is 2.38 bits per heavy atom. The maximum absolute atomic E-state index is 12.2. The molecular weight excluding hydrogens is 204 g/mol. The van der Waals surface area contributed by atoms with Crippen molar-refractivity contribution >= 4 is 11.6 Å². The lowest BCUT2D eigenvalue weighted by Gasteiger charge is -2.17. The molecule has 1 saturated carbocycles. The van der Waals surface area contributed by atoms with Crippen LogP contribution in [0.25, 0.3) is 0 Å². The minimum Gasteiger partial charge on any atom is -0.396 e. The number of hydrogen-bond donors (Lipinski definition) is 1. The van der Waals surface area contributed by atoms with Crippen LogP contribution in [0.2, 0.25) is 0 Å². The monoisotopic (exact) mass is 222 g/mol. The van der Waals surface area contributed by atoms with Crippen molar-refractivity contribution in [2.75, 3.05) is 19.3 Å². The van der Waals surface area contributed by atoms with Crippen molar-refractivity contribution in [2.24, 2.45) is 5.92 Å². The van der Waals surface area contributed by atoms with Crippen LogP contribution in [-0.4, -0.2) is 34.2 Å². The van der Waals surface area contributed by atoms with Crippen LogP contribution in [0.3, 0.4) is 0 Å². The van der Waals surface area contributed by atoms with E-state index in [-0.39, 0.29) is 5.91 Å². The standard InChI is InChI=1S/C11H18N4O/c1-3-15-10(9(12)6-13-15)11(16)14(2)7-8-4-5-8/h6,8H,3-5,7,12H2,1-2H3. The summed E-state index contributed by atoms with van der Waals surface area (Å²) in [6, 6.07) is 0. The number of rotatable bonds is 4. The van der Waals surface area contributed by atoms with E-state index in [1.807, 2.05) is 14.0 Å². The van der Waals surface area contributed by atoms with Gasteiger partial charge in [-0.3, -0.25) is 9.48 Å². The predicted molar refractivity (Wildman–Crippen MR) is 62.0 cm³/mol. The maximum atomic E-state index is 12.2. The van der Waals surface area contributed by atoms with Crippen LogP contribution in [0.4, 0.5) is 5.69 Å². The molecule has 1 amide bonds. The Morgan fingerprint density at radius 3 is 2.94 bits per heavy atom. The van der Waals surface area contributed by atoms with Gasteiger partial charge in [0, 0.05) is 20.1 Å². The number of hydrogen-bond acceptors (Lipinski definition) is 3. The summed E-state index contributed by atoms with van der Waals surface area (Å²) in [5.74, 6) is 0.664. The largest absolute Gasteiger partial charge is 0.396 e. The van der Waals surface area contributed by atoms with E-state index in [4.69, 9.17) is 5.73 Å². The van der Waals surface area contributed by atoms with Crippen LogP contribution in [0.15, 0.2) is 6.20 Å². The molecule has 1 aliphatic carbocycles. The number of nitrogens with two attached hydrogens (primary N) is 1. The van der Waals surface area contributed by atoms with Gasteiger partial charge in [-0.1, -0.05) is 0 Å². The number of nitrogens with zero attached hydrogens (tertiary/aromatic N) is 3. The topological polar surface area (TPSA) is 64.2 Å². The summed E-state index contributed by atoms with van der Waals surface area (Å²) in [5.41, 5.74) is 6.76. The van der Waals surface area contributed by atoms with Crippen LogP contribution in [0.1, 0.15) is 30.3 Å². The average Bonchev–Trinajstić information content (AvgIpc) is 2.99. The van der Waals surface area contributed by atoms with Crippen molar-refractivity contribution in [3.05, 3.63) is 11.9 Å². The van der Waals surface area contributed by atoms with Crippen LogP contribution in [-0.2, 0) is 6.54 Å². The summed E-state index contributed by atoms with van der Waals surface area (Å²) in [6.07, 6.45) is 4.02. The van der Waals surface area contributed by atoms with E-state index in [0.29, 0.717) is 23.8 Å². The fraction of sp³-hybridized carbons (Fsp3) is 0.636. The van der Waals surface area contributed by atoms with Crippen LogP contribution in [0.5, 0.6) is 0 Å². The third-order valence-corrected chi connectivity index (χ3v) is 2.95. The smallest absolute Gasteiger partial charge is 0.274 e. The first kappa shape index (κ1) is 11.0. The van der Waals surface area contributed by atoms with E-state index in [1.54, 1.807) is 15.8 Å². The van der Waals surface area contributed by atoms with E-state index < -0.39 is 0 Å². The van der Waals surface area contributed by atoms with Crippen molar-refractivity contribution in [2.45, 2.75) is 26.3 Å². The molecule has 0 bridgehead atoms. The lowest BCUT2D eigenvalue weighted by Crippen LogP contribution is -2.31. The van der Waals surface area contributed by atoms with Crippen molar-refractivity contribution < 1.29 is 4.79 Å². The molecule has 2 rings (SSSR count). The molecular formula is C11H18N4O. The highest BCUT2D eigenvalue weighted by atomic mass is 16.2. The second-order valence-electron chi connectivity index (χ2n) is 4.39. The molecule has 1 aromatic heterocycles. The minimum atomic E-state index is -0.0243. The van der Waals surface area contributed by atoms with Gasteiger partial charge in [0.15, 0.2) is 0 Å². The van der Waals surface area contributed by atoms with Gasteiger partial charge in [-0.25, -0.2) is 0 Å². The van der Waals surface area contributed by atoms with Gasteiger partial charge < -0.3 is 10.6 Å². The molecule has 5 heteroatoms. The van der Waals surface area contributed by atoms with Crippen molar-refractivity contribution in [3.8, 4) is 0 Å². The third-order valence-electron chi connectivity index (χ3n) is 2.95. The maximum Gasteiger partial charge on any atom is 0.274 e. The van der Waals surface area contributed by atoms with Crippen LogP contribution < -0.4 is 5.73 Å². The van der Waals surface area contributed by atoms with Crippen molar-refractivity contribution in [3.63, 3.8) is 0 Å². The van der Waals surface area contributed by atoms with Gasteiger partial charge in [-0.2, -0.15) is 5.10 Å². The molecule has 2 N–H and O–H groups in total. The summed E-state index contributed by atoms with van der Waals surface area (Å²) < 4.78 is 1.65. The second kappa shape index (κ2) is 4.15. The van der Waals surface area contributed by atoms with Crippen molar-refractivity contribution in [1.29, 1.82) is 0 Å². The van der Waals surface area contributed by atoms with Gasteiger partial charge in [0.05, 0.1) is 11.9 Å². The molecule has 0 aliphatic heterocycles. The summed E-state index contributed by atoms with van der Waals surface area (Å²) >= 11 is 0. The van der Waals surface area contributed by atoms with E-state index in [2.05, 4.69) is 5.10 Å². The first-order valence-electron chi connectivity index (χ1n) is 5.70. The van der Waals surface area contributed by atoms with E-state index in [1.165, 1.54) is 12.8 Å². The molecule has 1 aliphatic rings. The highest BCUT2D eigenvalue weighted by Crippen LogP contribution is 2.29. The molecule has 0 unspecified atom stereocenters. The van der Waals surface area contributed by atoms with E-state index in [9.17, 15) is 4.79 Å². The Morgan fingerprint density at radius 1 is 1.69 bits per heavy atom. The molecule has 0 saturated heterocycles. The molecule has 1 aromatic rings. The zero-order valence-electron chi connectivity index (χ0n) is 9.81. The number of amides is 1. The quantitative estimate of drug-likeness (QED) is 0.825. The molecule has 0 spiro atoms. The highest BCUT2D eigenvalue weighted by Gasteiger charge is 2.27. The molecule has 5 nitrogen and oxygen atoms in total. The van der Waals surface area contributed by atoms with Crippen LogP contribution in [0, 0.1) is 5.92 Å². The number of aryl methyl sites for hydroxylation is 1. The summed E-state index contributed by atoms with van der Waals surface area (Å²) in [6.45, 7) is 3.44. The highest BCUT2D eigenvalue weighted by molar-refractivity contribution is 5.97. The zero-order chi connectivity index (χ0) is 11.7. The molecule has 1 heterocycles. The Kier molecular flexibility index (Phi) is 2.85. The lowest BCUT2D eigenvalue weighted by atomic mass is 10.3. The summed E-state index contributed by atoms with van der Waals surface area (Å²) in [4.78, 5) is 13.9.